The van der Waals surface area contributed by atoms with Gasteiger partial charge in [0.1, 0.15) is 18.0 Å². The molecule has 0 spiro atoms. The predicted octanol–water partition coefficient (Wildman–Crippen LogP) is 0.361. The summed E-state index contributed by atoms with van der Waals surface area (Å²) in [6.45, 7) is -0.354. The number of aliphatic hydroxyl groups is 4. The molecule has 4 rings (SSSR count). The van der Waals surface area contributed by atoms with Gasteiger partial charge < -0.3 is 41.4 Å². The first-order chi connectivity index (χ1) is 14.4. The van der Waals surface area contributed by atoms with Crippen LogP contribution in [0.15, 0.2) is 30.7 Å². The molecule has 0 aliphatic carbocycles. The zero-order valence-corrected chi connectivity index (χ0v) is 16.3. The summed E-state index contributed by atoms with van der Waals surface area (Å²) in [7, 11) is 0. The first-order valence-electron chi connectivity index (χ1n) is 9.58. The molecule has 11 heteroatoms. The molecule has 2 aliphatic rings. The van der Waals surface area contributed by atoms with Crippen molar-refractivity contribution in [2.45, 2.75) is 64.3 Å². The van der Waals surface area contributed by atoms with Gasteiger partial charge in [-0.2, -0.15) is 0 Å². The maximum atomic E-state index is 9.55. The van der Waals surface area contributed by atoms with Crippen molar-refractivity contribution in [2.75, 3.05) is 24.7 Å². The molecule has 0 aromatic carbocycles. The Balaban J connectivity index is 0.000000301. The summed E-state index contributed by atoms with van der Waals surface area (Å²) in [5, 5.41) is 36.9. The number of aromatic nitrogens is 3. The van der Waals surface area contributed by atoms with E-state index >= 15 is 0 Å². The molecule has 0 amide bonds. The second-order valence-electron chi connectivity index (χ2n) is 7.19. The summed E-state index contributed by atoms with van der Waals surface area (Å²) >= 11 is 0. The number of pyridine rings is 1. The SMILES string of the molecule is C.C.Nc1ccc([C@H]2CC(O)[C@@H](CO)O2)cn1.Nc1ncc([C@H]2CC(O)[C@@H](CO)O2)cn1. The number of rotatable bonds is 4. The highest BCUT2D eigenvalue weighted by molar-refractivity contribution is 5.30. The fraction of sp³-hybridized carbons (Fsp3) is 0.571. The topological polar surface area (TPSA) is 190 Å². The molecule has 4 heterocycles. The first-order valence-corrected chi connectivity index (χ1v) is 9.58. The first kappa shape index (κ1) is 27.6. The molecule has 2 unspecified atom stereocenters. The number of hydrogen-bond acceptors (Lipinski definition) is 11. The number of nitrogens with two attached hydrogens (primary N) is 2. The summed E-state index contributed by atoms with van der Waals surface area (Å²) in [4.78, 5) is 11.6. The van der Waals surface area contributed by atoms with Crippen molar-refractivity contribution in [3.05, 3.63) is 41.9 Å². The summed E-state index contributed by atoms with van der Waals surface area (Å²) in [5.41, 5.74) is 12.5. The average molecular weight is 454 g/mol. The van der Waals surface area contributed by atoms with E-state index in [2.05, 4.69) is 15.0 Å². The van der Waals surface area contributed by atoms with E-state index < -0.39 is 24.4 Å². The fourth-order valence-corrected chi connectivity index (χ4v) is 3.34. The van der Waals surface area contributed by atoms with Gasteiger partial charge in [0.05, 0.1) is 37.6 Å². The summed E-state index contributed by atoms with van der Waals surface area (Å²) in [5.74, 6) is 0.659. The number of ether oxygens (including phenoxy) is 2. The van der Waals surface area contributed by atoms with Crippen LogP contribution in [-0.2, 0) is 9.47 Å². The van der Waals surface area contributed by atoms with Gasteiger partial charge in [-0.15, -0.1) is 0 Å². The lowest BCUT2D eigenvalue weighted by Crippen LogP contribution is -2.24. The summed E-state index contributed by atoms with van der Waals surface area (Å²) in [6.07, 6.45) is 2.96. The average Bonchev–Trinajstić information content (AvgIpc) is 3.31. The highest BCUT2D eigenvalue weighted by Gasteiger charge is 2.35. The van der Waals surface area contributed by atoms with Crippen LogP contribution in [0.2, 0.25) is 0 Å². The Morgan fingerprint density at radius 2 is 1.25 bits per heavy atom. The third-order valence-corrected chi connectivity index (χ3v) is 5.05. The number of aliphatic hydroxyl groups excluding tert-OH is 4. The molecule has 6 atom stereocenters. The molecule has 11 nitrogen and oxygen atoms in total. The van der Waals surface area contributed by atoms with Gasteiger partial charge in [0.2, 0.25) is 5.95 Å². The van der Waals surface area contributed by atoms with Crippen molar-refractivity contribution in [3.8, 4) is 0 Å². The van der Waals surface area contributed by atoms with E-state index in [4.69, 9.17) is 31.2 Å². The van der Waals surface area contributed by atoms with Crippen LogP contribution >= 0.6 is 0 Å². The number of hydrogen-bond donors (Lipinski definition) is 6. The molecule has 2 aromatic rings. The third kappa shape index (κ3) is 6.79. The van der Waals surface area contributed by atoms with E-state index in [1.54, 1.807) is 24.7 Å². The zero-order chi connectivity index (χ0) is 21.7. The Morgan fingerprint density at radius 3 is 1.66 bits per heavy atom. The summed E-state index contributed by atoms with van der Waals surface area (Å²) in [6, 6.07) is 3.51. The van der Waals surface area contributed by atoms with Crippen molar-refractivity contribution in [1.82, 2.24) is 15.0 Å². The van der Waals surface area contributed by atoms with Gasteiger partial charge in [0, 0.05) is 37.0 Å². The number of anilines is 2. The van der Waals surface area contributed by atoms with E-state index in [1.165, 1.54) is 0 Å². The van der Waals surface area contributed by atoms with Gasteiger partial charge in [0.25, 0.3) is 0 Å². The molecule has 2 aromatic heterocycles. The molecule has 2 saturated heterocycles. The van der Waals surface area contributed by atoms with Crippen molar-refractivity contribution in [2.24, 2.45) is 0 Å². The molecule has 180 valence electrons. The molecule has 2 aliphatic heterocycles. The van der Waals surface area contributed by atoms with E-state index in [0.29, 0.717) is 18.7 Å². The molecular weight excluding hydrogens is 418 g/mol. The zero-order valence-electron chi connectivity index (χ0n) is 16.3. The highest BCUT2D eigenvalue weighted by Crippen LogP contribution is 2.33. The molecular formula is C21H35N5O6. The van der Waals surface area contributed by atoms with Gasteiger partial charge in [-0.05, 0) is 11.6 Å². The third-order valence-electron chi connectivity index (χ3n) is 5.05. The van der Waals surface area contributed by atoms with Gasteiger partial charge in [-0.3, -0.25) is 0 Å². The minimum Gasteiger partial charge on any atom is -0.394 e. The minimum absolute atomic E-state index is 0. The van der Waals surface area contributed by atoms with Crippen LogP contribution < -0.4 is 11.5 Å². The fourth-order valence-electron chi connectivity index (χ4n) is 3.34. The lowest BCUT2D eigenvalue weighted by Gasteiger charge is -2.11. The van der Waals surface area contributed by atoms with E-state index in [0.717, 1.165) is 11.1 Å². The monoisotopic (exact) mass is 453 g/mol. The normalized spacial score (nSPS) is 28.8. The van der Waals surface area contributed by atoms with Gasteiger partial charge in [0.15, 0.2) is 0 Å². The van der Waals surface area contributed by atoms with Gasteiger partial charge in [-0.1, -0.05) is 20.9 Å². The maximum Gasteiger partial charge on any atom is 0.219 e. The lowest BCUT2D eigenvalue weighted by atomic mass is 10.1. The lowest BCUT2D eigenvalue weighted by molar-refractivity contribution is -0.0227. The Bertz CT molecular complexity index is 727. The van der Waals surface area contributed by atoms with Crippen molar-refractivity contribution >= 4 is 11.8 Å². The standard InChI is InChI=1S/C10H14N2O3.C9H13N3O3.2CH4/c11-10-2-1-6(4-12-10)8-3-7(14)9(5-13)15-8;10-9-11-2-5(3-12-9)7-1-6(14)8(4-13)15-7;;/h1-2,4,7-9,13-14H,3,5H2,(H2,11,12);2-3,6-8,13-14H,1,4H2,(H2,10,11,12);2*1H4/t7?,8-,9-;6?,7-,8-;;/m11../s1. The van der Waals surface area contributed by atoms with Crippen molar-refractivity contribution in [3.63, 3.8) is 0 Å². The van der Waals surface area contributed by atoms with Crippen LogP contribution in [0.1, 0.15) is 51.0 Å². The number of nitrogen functional groups attached to an aromatic ring is 2. The Labute approximate surface area is 188 Å². The molecule has 0 radical (unpaired) electrons. The molecule has 32 heavy (non-hydrogen) atoms. The van der Waals surface area contributed by atoms with E-state index in [1.807, 2.05) is 6.07 Å². The maximum absolute atomic E-state index is 9.55. The van der Waals surface area contributed by atoms with Crippen molar-refractivity contribution in [1.29, 1.82) is 0 Å². The smallest absolute Gasteiger partial charge is 0.219 e. The van der Waals surface area contributed by atoms with Crippen LogP contribution in [-0.4, -0.2) is 73.0 Å². The van der Waals surface area contributed by atoms with Gasteiger partial charge in [-0.25, -0.2) is 15.0 Å². The quantitative estimate of drug-likeness (QED) is 0.375. The van der Waals surface area contributed by atoms with Gasteiger partial charge >= 0.3 is 0 Å². The van der Waals surface area contributed by atoms with Crippen LogP contribution in [0.3, 0.4) is 0 Å². The molecule has 8 N–H and O–H groups in total. The summed E-state index contributed by atoms with van der Waals surface area (Å²) < 4.78 is 10.9. The van der Waals surface area contributed by atoms with E-state index in [-0.39, 0.29) is 46.2 Å². The molecule has 0 bridgehead atoms. The Kier molecular flexibility index (Phi) is 10.9. The minimum atomic E-state index is -0.641. The van der Waals surface area contributed by atoms with Crippen LogP contribution in [0.4, 0.5) is 11.8 Å². The predicted molar refractivity (Wildman–Crippen MR) is 119 cm³/mol. The largest absolute Gasteiger partial charge is 0.394 e. The Hall–Kier alpha value is -2.41. The number of nitrogens with zero attached hydrogens (tertiary/aromatic N) is 3. The molecule has 0 saturated carbocycles. The second kappa shape index (κ2) is 12.6. The van der Waals surface area contributed by atoms with E-state index in [9.17, 15) is 10.2 Å². The highest BCUT2D eigenvalue weighted by atomic mass is 16.5. The van der Waals surface area contributed by atoms with Crippen molar-refractivity contribution < 1.29 is 29.9 Å². The Morgan fingerprint density at radius 1 is 0.781 bits per heavy atom. The van der Waals surface area contributed by atoms with Crippen LogP contribution in [0, 0.1) is 0 Å². The van der Waals surface area contributed by atoms with Crippen LogP contribution in [0.5, 0.6) is 0 Å². The van der Waals surface area contributed by atoms with Crippen LogP contribution in [0.25, 0.3) is 0 Å². The second-order valence-corrected chi connectivity index (χ2v) is 7.19. The molecule has 2 fully saturated rings.